The van der Waals surface area contributed by atoms with Gasteiger partial charge in [0.2, 0.25) is 0 Å². The van der Waals surface area contributed by atoms with E-state index in [1.807, 2.05) is 6.20 Å². The number of aliphatic hydroxyl groups is 1. The molecule has 3 rings (SSSR count). The summed E-state index contributed by atoms with van der Waals surface area (Å²) in [5.74, 6) is 1.18. The first-order chi connectivity index (χ1) is 10.2. The van der Waals surface area contributed by atoms with Crippen molar-refractivity contribution < 1.29 is 5.11 Å². The second-order valence-electron chi connectivity index (χ2n) is 4.44. The summed E-state index contributed by atoms with van der Waals surface area (Å²) >= 11 is 5.89. The summed E-state index contributed by atoms with van der Waals surface area (Å²) in [7, 11) is 1.81. The number of pyridine rings is 1. The molecule has 0 aliphatic heterocycles. The van der Waals surface area contributed by atoms with Gasteiger partial charge >= 0.3 is 0 Å². The van der Waals surface area contributed by atoms with Gasteiger partial charge in [-0.05, 0) is 12.1 Å². The van der Waals surface area contributed by atoms with E-state index in [4.69, 9.17) is 16.7 Å². The Hall–Kier alpha value is -2.25. The summed E-state index contributed by atoms with van der Waals surface area (Å²) in [5.41, 5.74) is 1.44. The van der Waals surface area contributed by atoms with Crippen molar-refractivity contribution in [3.05, 3.63) is 35.7 Å². The molecule has 0 aromatic carbocycles. The molecular formula is C13H13ClN6O. The van der Waals surface area contributed by atoms with Crippen LogP contribution >= 0.6 is 11.6 Å². The maximum Gasteiger partial charge on any atom is 0.200 e. The van der Waals surface area contributed by atoms with E-state index in [0.717, 1.165) is 5.56 Å². The average molecular weight is 305 g/mol. The summed E-state index contributed by atoms with van der Waals surface area (Å²) in [4.78, 5) is 8.68. The number of aliphatic hydroxyl groups excluding tert-OH is 1. The minimum atomic E-state index is 0.0393. The average Bonchev–Trinajstić information content (AvgIpc) is 3.06. The molecule has 21 heavy (non-hydrogen) atoms. The minimum absolute atomic E-state index is 0.0393. The number of rotatable bonds is 4. The van der Waals surface area contributed by atoms with Crippen LogP contribution in [0.3, 0.4) is 0 Å². The molecule has 0 aliphatic rings. The molecule has 0 saturated heterocycles. The van der Waals surface area contributed by atoms with Crippen LogP contribution in [-0.4, -0.2) is 41.2 Å². The van der Waals surface area contributed by atoms with Crippen LogP contribution in [-0.2, 0) is 13.6 Å². The Kier molecular flexibility index (Phi) is 3.68. The topological polar surface area (TPSA) is 81.7 Å². The maximum atomic E-state index is 8.92. The molecule has 8 heteroatoms. The zero-order valence-corrected chi connectivity index (χ0v) is 12.1. The highest BCUT2D eigenvalue weighted by Crippen LogP contribution is 2.21. The lowest BCUT2D eigenvalue weighted by Crippen LogP contribution is -2.01. The van der Waals surface area contributed by atoms with E-state index in [1.165, 1.54) is 0 Å². The van der Waals surface area contributed by atoms with Crippen LogP contribution in [0.5, 0.6) is 0 Å². The Morgan fingerprint density at radius 1 is 1.29 bits per heavy atom. The third kappa shape index (κ3) is 2.79. The van der Waals surface area contributed by atoms with E-state index in [-0.39, 0.29) is 6.61 Å². The summed E-state index contributed by atoms with van der Waals surface area (Å²) in [6.45, 7) is 0.484. The Bertz CT molecular complexity index is 766. The van der Waals surface area contributed by atoms with E-state index < -0.39 is 0 Å². The predicted molar refractivity (Wildman–Crippen MR) is 77.6 cm³/mol. The van der Waals surface area contributed by atoms with Crippen molar-refractivity contribution >= 4 is 11.6 Å². The number of nitrogens with zero attached hydrogens (tertiary/aromatic N) is 6. The van der Waals surface area contributed by atoms with Gasteiger partial charge in [0, 0.05) is 13.2 Å². The smallest absolute Gasteiger partial charge is 0.200 e. The van der Waals surface area contributed by atoms with Crippen LogP contribution in [0.4, 0.5) is 0 Å². The molecule has 0 bridgehead atoms. The molecule has 3 heterocycles. The van der Waals surface area contributed by atoms with Crippen LogP contribution in [0.25, 0.3) is 22.9 Å². The fraction of sp³-hybridized carbons (Fsp3) is 0.231. The Balaban J connectivity index is 1.97. The molecule has 0 fully saturated rings. The summed E-state index contributed by atoms with van der Waals surface area (Å²) in [5, 5.41) is 17.8. The second-order valence-corrected chi connectivity index (χ2v) is 4.83. The molecule has 0 radical (unpaired) electrons. The van der Waals surface area contributed by atoms with E-state index in [0.29, 0.717) is 29.0 Å². The standard InChI is InChI=1S/C13H13ClN6O/c1-19-13(9-7-15-20(8-9)5-6-21)17-12(18-19)10-3-2-4-11(14)16-10/h2-4,7-8,21H,5-6H2,1H3. The number of aromatic nitrogens is 6. The van der Waals surface area contributed by atoms with Gasteiger partial charge in [0.05, 0.1) is 24.9 Å². The second kappa shape index (κ2) is 5.63. The first kappa shape index (κ1) is 13.7. The lowest BCUT2D eigenvalue weighted by molar-refractivity contribution is 0.269. The molecule has 0 amide bonds. The van der Waals surface area contributed by atoms with E-state index >= 15 is 0 Å². The van der Waals surface area contributed by atoms with Crippen LogP contribution in [0, 0.1) is 0 Å². The molecular weight excluding hydrogens is 292 g/mol. The van der Waals surface area contributed by atoms with Crippen LogP contribution < -0.4 is 0 Å². The molecule has 3 aromatic rings. The number of aryl methyl sites for hydroxylation is 1. The lowest BCUT2D eigenvalue weighted by Gasteiger charge is -1.95. The van der Waals surface area contributed by atoms with Crippen LogP contribution in [0.2, 0.25) is 5.15 Å². The highest BCUT2D eigenvalue weighted by Gasteiger charge is 2.13. The predicted octanol–water partition coefficient (Wildman–Crippen LogP) is 1.39. The number of hydrogen-bond acceptors (Lipinski definition) is 5. The van der Waals surface area contributed by atoms with Gasteiger partial charge in [-0.3, -0.25) is 4.68 Å². The zero-order chi connectivity index (χ0) is 14.8. The molecule has 3 aromatic heterocycles. The highest BCUT2D eigenvalue weighted by molar-refractivity contribution is 6.29. The monoisotopic (exact) mass is 304 g/mol. The first-order valence-corrected chi connectivity index (χ1v) is 6.73. The van der Waals surface area contributed by atoms with E-state index in [1.54, 1.807) is 40.8 Å². The van der Waals surface area contributed by atoms with Crippen molar-refractivity contribution in [2.75, 3.05) is 6.61 Å². The molecule has 0 unspecified atom stereocenters. The van der Waals surface area contributed by atoms with Crippen LogP contribution in [0.15, 0.2) is 30.6 Å². The van der Waals surface area contributed by atoms with Crippen molar-refractivity contribution in [3.63, 3.8) is 0 Å². The molecule has 0 aliphatic carbocycles. The fourth-order valence-corrected chi connectivity index (χ4v) is 2.14. The molecule has 1 N–H and O–H groups in total. The Labute approximate surface area is 125 Å². The van der Waals surface area contributed by atoms with Crippen molar-refractivity contribution in [2.45, 2.75) is 6.54 Å². The normalized spacial score (nSPS) is 11.0. The maximum absolute atomic E-state index is 8.92. The fourth-order valence-electron chi connectivity index (χ4n) is 1.98. The Morgan fingerprint density at radius 2 is 2.14 bits per heavy atom. The first-order valence-electron chi connectivity index (χ1n) is 6.35. The molecule has 0 atom stereocenters. The van der Waals surface area contributed by atoms with Crippen molar-refractivity contribution in [3.8, 4) is 22.9 Å². The van der Waals surface area contributed by atoms with E-state index in [2.05, 4.69) is 20.2 Å². The van der Waals surface area contributed by atoms with Gasteiger partial charge in [-0.15, -0.1) is 5.10 Å². The van der Waals surface area contributed by atoms with Gasteiger partial charge in [-0.2, -0.15) is 5.10 Å². The largest absolute Gasteiger partial charge is 0.394 e. The summed E-state index contributed by atoms with van der Waals surface area (Å²) in [6.07, 6.45) is 3.50. The van der Waals surface area contributed by atoms with Gasteiger partial charge in [0.15, 0.2) is 11.6 Å². The van der Waals surface area contributed by atoms with Gasteiger partial charge in [-0.1, -0.05) is 17.7 Å². The van der Waals surface area contributed by atoms with Crippen molar-refractivity contribution in [1.82, 2.24) is 29.5 Å². The Morgan fingerprint density at radius 3 is 2.90 bits per heavy atom. The van der Waals surface area contributed by atoms with Gasteiger partial charge in [-0.25, -0.2) is 14.6 Å². The SMILES string of the molecule is Cn1nc(-c2cccc(Cl)n2)nc1-c1cnn(CCO)c1. The number of hydrogen-bond donors (Lipinski definition) is 1. The van der Waals surface area contributed by atoms with Crippen molar-refractivity contribution in [2.24, 2.45) is 7.05 Å². The van der Waals surface area contributed by atoms with Gasteiger partial charge < -0.3 is 5.11 Å². The van der Waals surface area contributed by atoms with Gasteiger partial charge in [0.25, 0.3) is 0 Å². The lowest BCUT2D eigenvalue weighted by atomic mass is 10.3. The van der Waals surface area contributed by atoms with E-state index in [9.17, 15) is 0 Å². The quantitative estimate of drug-likeness (QED) is 0.737. The third-order valence-electron chi connectivity index (χ3n) is 2.93. The minimum Gasteiger partial charge on any atom is -0.394 e. The molecule has 7 nitrogen and oxygen atoms in total. The third-order valence-corrected chi connectivity index (χ3v) is 3.14. The highest BCUT2D eigenvalue weighted by atomic mass is 35.5. The summed E-state index contributed by atoms with van der Waals surface area (Å²) in [6, 6.07) is 5.31. The molecule has 108 valence electrons. The zero-order valence-electron chi connectivity index (χ0n) is 11.3. The van der Waals surface area contributed by atoms with Crippen LogP contribution in [0.1, 0.15) is 0 Å². The number of halogens is 1. The van der Waals surface area contributed by atoms with Gasteiger partial charge in [0.1, 0.15) is 10.8 Å². The van der Waals surface area contributed by atoms with Crippen molar-refractivity contribution in [1.29, 1.82) is 0 Å². The summed E-state index contributed by atoms with van der Waals surface area (Å²) < 4.78 is 3.32. The molecule has 0 spiro atoms. The molecule has 0 saturated carbocycles.